The van der Waals surface area contributed by atoms with Gasteiger partial charge in [0.15, 0.2) is 0 Å². The van der Waals surface area contributed by atoms with Gasteiger partial charge in [0.2, 0.25) is 0 Å². The molecule has 0 saturated carbocycles. The van der Waals surface area contributed by atoms with E-state index in [1.165, 1.54) is 0 Å². The predicted octanol–water partition coefficient (Wildman–Crippen LogP) is 2.57. The van der Waals surface area contributed by atoms with E-state index in [1.807, 2.05) is 13.8 Å². The van der Waals surface area contributed by atoms with Gasteiger partial charge in [0.05, 0.1) is 11.4 Å². The fourth-order valence-corrected chi connectivity index (χ4v) is 5.69. The maximum absolute atomic E-state index is 4.63. The number of nitrogens with zero attached hydrogens (tertiary/aromatic N) is 4. The fraction of sp³-hybridized carbons (Fsp3) is 0.500. The van der Waals surface area contributed by atoms with E-state index in [0.29, 0.717) is 0 Å². The fourth-order valence-electron chi connectivity index (χ4n) is 2.30. The van der Waals surface area contributed by atoms with Gasteiger partial charge in [-0.05, 0) is 38.1 Å². The van der Waals surface area contributed by atoms with Crippen LogP contribution in [0.1, 0.15) is 25.2 Å². The first-order chi connectivity index (χ1) is 8.12. The Morgan fingerprint density at radius 1 is 0.941 bits per heavy atom. The smallest absolute Gasteiger partial charge is 0.277 e. The summed E-state index contributed by atoms with van der Waals surface area (Å²) in [6.45, 7) is 8.55. The normalized spacial score (nSPS) is 12.0. The van der Waals surface area contributed by atoms with Gasteiger partial charge in [0, 0.05) is 12.4 Å². The van der Waals surface area contributed by atoms with Crippen molar-refractivity contribution in [1.29, 1.82) is 0 Å². The average Bonchev–Trinajstić information content (AvgIpc) is 2.92. The van der Waals surface area contributed by atoms with Gasteiger partial charge in [-0.3, -0.25) is 8.69 Å². The summed E-state index contributed by atoms with van der Waals surface area (Å²) in [6.07, 6.45) is 4.21. The Hall–Kier alpha value is -1.36. The molecule has 4 nitrogen and oxygen atoms in total. The van der Waals surface area contributed by atoms with Crippen molar-refractivity contribution in [2.24, 2.45) is 0 Å². The third-order valence-corrected chi connectivity index (χ3v) is 7.90. The molecule has 0 aliphatic rings. The Morgan fingerprint density at radius 2 is 1.35 bits per heavy atom. The highest BCUT2D eigenvalue weighted by molar-refractivity contribution is 6.76. The molecule has 0 atom stereocenters. The zero-order valence-corrected chi connectivity index (χ0v) is 12.0. The Labute approximate surface area is 103 Å². The number of hydrogen-bond acceptors (Lipinski definition) is 2. The van der Waals surface area contributed by atoms with Crippen molar-refractivity contribution in [1.82, 2.24) is 18.9 Å². The molecule has 0 spiro atoms. The van der Waals surface area contributed by atoms with Crippen LogP contribution in [-0.4, -0.2) is 27.3 Å². The molecule has 0 aliphatic carbocycles. The van der Waals surface area contributed by atoms with Gasteiger partial charge in [-0.1, -0.05) is 13.8 Å². The monoisotopic (exact) mass is 248 g/mol. The second kappa shape index (κ2) is 4.48. The van der Waals surface area contributed by atoms with Crippen LogP contribution in [0.2, 0.25) is 12.1 Å². The van der Waals surface area contributed by atoms with Crippen LogP contribution in [0.3, 0.4) is 0 Å². The molecule has 0 aromatic carbocycles. The van der Waals surface area contributed by atoms with E-state index in [1.54, 1.807) is 0 Å². The number of rotatable bonds is 4. The zero-order valence-electron chi connectivity index (χ0n) is 11.0. The second-order valence-corrected chi connectivity index (χ2v) is 8.79. The molecular formula is C12H20N4Si. The van der Waals surface area contributed by atoms with Crippen LogP contribution in [0, 0.1) is 13.8 Å². The molecule has 5 heteroatoms. The Balaban J connectivity index is 2.52. The summed E-state index contributed by atoms with van der Waals surface area (Å²) in [6, 6.07) is 6.35. The average molecular weight is 248 g/mol. The van der Waals surface area contributed by atoms with E-state index in [2.05, 4.69) is 57.3 Å². The van der Waals surface area contributed by atoms with E-state index >= 15 is 0 Å². The van der Waals surface area contributed by atoms with Gasteiger partial charge >= 0.3 is 8.40 Å². The molecule has 17 heavy (non-hydrogen) atoms. The zero-order chi connectivity index (χ0) is 12.5. The van der Waals surface area contributed by atoms with Gasteiger partial charge in [-0.25, -0.2) is 0 Å². The molecule has 0 bridgehead atoms. The molecule has 2 heterocycles. The van der Waals surface area contributed by atoms with Crippen LogP contribution in [-0.2, 0) is 0 Å². The van der Waals surface area contributed by atoms with Crippen molar-refractivity contribution >= 4 is 8.40 Å². The lowest BCUT2D eigenvalue weighted by molar-refractivity contribution is 0.774. The van der Waals surface area contributed by atoms with Gasteiger partial charge in [-0.15, -0.1) is 0 Å². The molecule has 0 N–H and O–H groups in total. The molecule has 2 rings (SSSR count). The van der Waals surface area contributed by atoms with Crippen molar-refractivity contribution in [2.45, 2.75) is 39.8 Å². The molecule has 92 valence electrons. The lowest BCUT2D eigenvalue weighted by atomic mass is 10.5. The van der Waals surface area contributed by atoms with E-state index in [-0.39, 0.29) is 0 Å². The minimum absolute atomic E-state index is 1.08. The van der Waals surface area contributed by atoms with Gasteiger partial charge < -0.3 is 0 Å². The summed E-state index contributed by atoms with van der Waals surface area (Å²) in [5, 5.41) is 9.26. The molecule has 0 unspecified atom stereocenters. The summed E-state index contributed by atoms with van der Waals surface area (Å²) in [5.41, 5.74) is 2.15. The summed E-state index contributed by atoms with van der Waals surface area (Å²) >= 11 is 0. The maximum Gasteiger partial charge on any atom is 0.308 e. The minimum atomic E-state index is -1.84. The number of aryl methyl sites for hydroxylation is 2. The molecule has 0 saturated heterocycles. The highest BCUT2D eigenvalue weighted by Gasteiger charge is 2.36. The van der Waals surface area contributed by atoms with Crippen LogP contribution in [0.4, 0.5) is 0 Å². The van der Waals surface area contributed by atoms with Crippen LogP contribution < -0.4 is 0 Å². The van der Waals surface area contributed by atoms with Crippen molar-refractivity contribution in [2.75, 3.05) is 0 Å². The summed E-state index contributed by atoms with van der Waals surface area (Å²) in [4.78, 5) is 0. The summed E-state index contributed by atoms with van der Waals surface area (Å²) < 4.78 is 4.35. The molecule has 2 aromatic heterocycles. The molecule has 0 fully saturated rings. The maximum atomic E-state index is 4.63. The first-order valence-corrected chi connectivity index (χ1v) is 8.48. The van der Waals surface area contributed by atoms with Crippen molar-refractivity contribution in [3.8, 4) is 0 Å². The minimum Gasteiger partial charge on any atom is -0.277 e. The highest BCUT2D eigenvalue weighted by atomic mass is 28.3. The number of aromatic nitrogens is 4. The van der Waals surface area contributed by atoms with E-state index < -0.39 is 8.40 Å². The van der Waals surface area contributed by atoms with Crippen molar-refractivity contribution in [3.05, 3.63) is 35.9 Å². The highest BCUT2D eigenvalue weighted by Crippen LogP contribution is 2.19. The second-order valence-electron chi connectivity index (χ2n) is 4.49. The molecule has 0 amide bonds. The van der Waals surface area contributed by atoms with E-state index in [0.717, 1.165) is 23.5 Å². The Morgan fingerprint density at radius 3 is 1.59 bits per heavy atom. The molecular weight excluding hydrogens is 228 g/mol. The van der Waals surface area contributed by atoms with Gasteiger partial charge in [-0.2, -0.15) is 10.2 Å². The topological polar surface area (TPSA) is 35.6 Å². The lowest BCUT2D eigenvalue weighted by Gasteiger charge is -2.29. The third kappa shape index (κ3) is 1.95. The number of hydrogen-bond donors (Lipinski definition) is 0. The quantitative estimate of drug-likeness (QED) is 0.780. The largest absolute Gasteiger partial charge is 0.308 e. The van der Waals surface area contributed by atoms with Crippen molar-refractivity contribution in [3.63, 3.8) is 0 Å². The van der Waals surface area contributed by atoms with Gasteiger partial charge in [0.1, 0.15) is 0 Å². The predicted molar refractivity (Wildman–Crippen MR) is 71.4 cm³/mol. The first-order valence-electron chi connectivity index (χ1n) is 6.18. The molecule has 0 aliphatic heterocycles. The van der Waals surface area contributed by atoms with Crippen LogP contribution in [0.25, 0.3) is 0 Å². The van der Waals surface area contributed by atoms with Crippen molar-refractivity contribution < 1.29 is 0 Å². The Bertz CT molecular complexity index is 454. The van der Waals surface area contributed by atoms with Crippen LogP contribution in [0.15, 0.2) is 24.5 Å². The SMILES string of the molecule is CC[Si](CC)(n1ccc(C)n1)n1ccc(C)n1. The molecule has 0 radical (unpaired) electrons. The standard InChI is InChI=1S/C12H20N4Si/c1-5-17(6-2,15-9-7-11(3)13-15)16-10-8-12(4)14-16/h7-10H,5-6H2,1-4H3. The van der Waals surface area contributed by atoms with Gasteiger partial charge in [0.25, 0.3) is 0 Å². The summed E-state index contributed by atoms with van der Waals surface area (Å²) in [7, 11) is -1.84. The van der Waals surface area contributed by atoms with Crippen LogP contribution in [0.5, 0.6) is 0 Å². The lowest BCUT2D eigenvalue weighted by Crippen LogP contribution is -2.51. The third-order valence-electron chi connectivity index (χ3n) is 3.43. The van der Waals surface area contributed by atoms with E-state index in [4.69, 9.17) is 0 Å². The summed E-state index contributed by atoms with van der Waals surface area (Å²) in [5.74, 6) is 0. The molecule has 2 aromatic rings. The van der Waals surface area contributed by atoms with Crippen LogP contribution >= 0.6 is 0 Å². The first kappa shape index (κ1) is 12.1. The Kier molecular flexibility index (Phi) is 3.19. The van der Waals surface area contributed by atoms with E-state index in [9.17, 15) is 0 Å².